The SMILES string of the molecule is CCC(C#N)(OC(N)=O)C(=O)OC(N)=O. The van der Waals surface area contributed by atoms with E-state index in [9.17, 15) is 14.4 Å². The van der Waals surface area contributed by atoms with Crippen molar-refractivity contribution in [3.05, 3.63) is 0 Å². The molecule has 0 fully saturated rings. The summed E-state index contributed by atoms with van der Waals surface area (Å²) >= 11 is 0. The van der Waals surface area contributed by atoms with Crippen LogP contribution in [0.15, 0.2) is 0 Å². The number of rotatable bonds is 3. The van der Waals surface area contributed by atoms with E-state index in [4.69, 9.17) is 5.26 Å². The number of carbonyl (C=O) groups is 3. The zero-order valence-electron chi connectivity index (χ0n) is 7.85. The van der Waals surface area contributed by atoms with Crippen LogP contribution in [0.4, 0.5) is 9.59 Å². The maximum Gasteiger partial charge on any atom is 0.412 e. The van der Waals surface area contributed by atoms with Gasteiger partial charge in [-0.1, -0.05) is 6.92 Å². The van der Waals surface area contributed by atoms with E-state index < -0.39 is 23.8 Å². The lowest BCUT2D eigenvalue weighted by molar-refractivity contribution is -0.152. The van der Waals surface area contributed by atoms with E-state index in [2.05, 4.69) is 20.9 Å². The van der Waals surface area contributed by atoms with Crippen molar-refractivity contribution in [2.24, 2.45) is 11.5 Å². The summed E-state index contributed by atoms with van der Waals surface area (Å²) in [6.07, 6.45) is -2.96. The Balaban J connectivity index is 4.94. The lowest BCUT2D eigenvalue weighted by Crippen LogP contribution is -2.45. The average molecular weight is 215 g/mol. The first-order valence-corrected chi connectivity index (χ1v) is 3.79. The second kappa shape index (κ2) is 4.80. The van der Waals surface area contributed by atoms with Gasteiger partial charge in [0.25, 0.3) is 5.60 Å². The molecule has 0 bridgehead atoms. The second-order valence-corrected chi connectivity index (χ2v) is 2.42. The Bertz CT molecular complexity index is 334. The van der Waals surface area contributed by atoms with E-state index in [-0.39, 0.29) is 6.42 Å². The van der Waals surface area contributed by atoms with Gasteiger partial charge in [0.15, 0.2) is 0 Å². The second-order valence-electron chi connectivity index (χ2n) is 2.42. The Morgan fingerprint density at radius 2 is 1.87 bits per heavy atom. The first kappa shape index (κ1) is 12.7. The number of hydrogen-bond acceptors (Lipinski definition) is 6. The van der Waals surface area contributed by atoms with Crippen LogP contribution in [0.2, 0.25) is 0 Å². The molecule has 0 aromatic carbocycles. The van der Waals surface area contributed by atoms with Crippen molar-refractivity contribution >= 4 is 18.2 Å². The quantitative estimate of drug-likeness (QED) is 0.473. The van der Waals surface area contributed by atoms with Gasteiger partial charge in [0, 0.05) is 6.42 Å². The van der Waals surface area contributed by atoms with Crippen LogP contribution in [0.3, 0.4) is 0 Å². The molecule has 15 heavy (non-hydrogen) atoms. The monoisotopic (exact) mass is 215 g/mol. The zero-order chi connectivity index (χ0) is 12.1. The lowest BCUT2D eigenvalue weighted by atomic mass is 10.0. The normalized spacial score (nSPS) is 13.1. The third-order valence-corrected chi connectivity index (χ3v) is 1.48. The zero-order valence-corrected chi connectivity index (χ0v) is 7.85. The van der Waals surface area contributed by atoms with Crippen LogP contribution in [0, 0.1) is 11.3 Å². The fourth-order valence-electron chi connectivity index (χ4n) is 0.751. The van der Waals surface area contributed by atoms with Crippen molar-refractivity contribution in [1.29, 1.82) is 5.26 Å². The van der Waals surface area contributed by atoms with E-state index in [1.165, 1.54) is 13.0 Å². The predicted octanol–water partition coefficient (Wildman–Crippen LogP) is -0.624. The maximum atomic E-state index is 11.2. The minimum absolute atomic E-state index is 0.224. The van der Waals surface area contributed by atoms with Gasteiger partial charge in [-0.3, -0.25) is 0 Å². The first-order chi connectivity index (χ1) is 6.88. The fourth-order valence-corrected chi connectivity index (χ4v) is 0.751. The highest BCUT2D eigenvalue weighted by molar-refractivity contribution is 5.92. The van der Waals surface area contributed by atoms with Crippen molar-refractivity contribution in [2.75, 3.05) is 0 Å². The number of hydrogen-bond donors (Lipinski definition) is 2. The first-order valence-electron chi connectivity index (χ1n) is 3.79. The number of nitrogens with zero attached hydrogens (tertiary/aromatic N) is 1. The molecule has 2 amide bonds. The van der Waals surface area contributed by atoms with E-state index in [1.54, 1.807) is 0 Å². The molecular weight excluding hydrogens is 206 g/mol. The molecule has 4 N–H and O–H groups in total. The number of nitriles is 1. The average Bonchev–Trinajstić information content (AvgIpc) is 2.12. The summed E-state index contributed by atoms with van der Waals surface area (Å²) < 4.78 is 8.24. The molecule has 0 aromatic rings. The van der Waals surface area contributed by atoms with Crippen LogP contribution in [0.5, 0.6) is 0 Å². The smallest absolute Gasteiger partial charge is 0.412 e. The standard InChI is InChI=1S/C7H9N3O5/c1-2-7(3-8,15-6(10)13)4(11)14-5(9)12/h2H2,1H3,(H2,9,12)(H2,10,13). The third-order valence-electron chi connectivity index (χ3n) is 1.48. The molecule has 8 nitrogen and oxygen atoms in total. The summed E-state index contributed by atoms with van der Waals surface area (Å²) in [4.78, 5) is 31.9. The van der Waals surface area contributed by atoms with Gasteiger partial charge < -0.3 is 20.9 Å². The van der Waals surface area contributed by atoms with Crippen molar-refractivity contribution in [3.63, 3.8) is 0 Å². The summed E-state index contributed by atoms with van der Waals surface area (Å²) in [5.41, 5.74) is 6.99. The summed E-state index contributed by atoms with van der Waals surface area (Å²) in [7, 11) is 0. The number of ether oxygens (including phenoxy) is 2. The Morgan fingerprint density at radius 3 is 2.13 bits per heavy atom. The number of primary amides is 2. The summed E-state index contributed by atoms with van der Waals surface area (Å²) in [5.74, 6) is -1.38. The molecule has 82 valence electrons. The summed E-state index contributed by atoms with van der Waals surface area (Å²) in [6, 6.07) is 1.40. The highest BCUT2D eigenvalue weighted by atomic mass is 16.6. The molecule has 1 atom stereocenters. The molecule has 0 aliphatic rings. The van der Waals surface area contributed by atoms with Gasteiger partial charge in [-0.05, 0) is 0 Å². The van der Waals surface area contributed by atoms with E-state index in [1.807, 2.05) is 0 Å². The molecule has 0 aliphatic carbocycles. The predicted molar refractivity (Wildman–Crippen MR) is 45.0 cm³/mol. The Hall–Kier alpha value is -2.30. The van der Waals surface area contributed by atoms with Crippen LogP contribution in [-0.4, -0.2) is 23.8 Å². The van der Waals surface area contributed by atoms with E-state index in [0.29, 0.717) is 0 Å². The van der Waals surface area contributed by atoms with Gasteiger partial charge in [-0.25, -0.2) is 14.4 Å². The Kier molecular flexibility index (Phi) is 4.07. The molecule has 0 saturated carbocycles. The van der Waals surface area contributed by atoms with Gasteiger partial charge in [0.05, 0.1) is 0 Å². The van der Waals surface area contributed by atoms with E-state index in [0.717, 1.165) is 0 Å². The van der Waals surface area contributed by atoms with Gasteiger partial charge in [-0.2, -0.15) is 5.26 Å². The van der Waals surface area contributed by atoms with Crippen LogP contribution in [0.25, 0.3) is 0 Å². The van der Waals surface area contributed by atoms with Crippen LogP contribution in [-0.2, 0) is 14.3 Å². The van der Waals surface area contributed by atoms with Crippen molar-refractivity contribution in [2.45, 2.75) is 18.9 Å². The Morgan fingerprint density at radius 1 is 1.33 bits per heavy atom. The summed E-state index contributed by atoms with van der Waals surface area (Å²) in [6.45, 7) is 1.37. The number of esters is 1. The molecule has 0 saturated heterocycles. The number of nitrogens with two attached hydrogens (primary N) is 2. The highest BCUT2D eigenvalue weighted by Crippen LogP contribution is 2.17. The summed E-state index contributed by atoms with van der Waals surface area (Å²) in [5, 5.41) is 8.67. The van der Waals surface area contributed by atoms with Gasteiger partial charge in [0.2, 0.25) is 0 Å². The van der Waals surface area contributed by atoms with Crippen molar-refractivity contribution in [3.8, 4) is 6.07 Å². The third kappa shape index (κ3) is 3.15. The number of carbonyl (C=O) groups excluding carboxylic acids is 3. The van der Waals surface area contributed by atoms with Gasteiger partial charge >= 0.3 is 18.2 Å². The highest BCUT2D eigenvalue weighted by Gasteiger charge is 2.43. The van der Waals surface area contributed by atoms with Crippen LogP contribution < -0.4 is 11.5 Å². The molecule has 0 aromatic heterocycles. The van der Waals surface area contributed by atoms with E-state index >= 15 is 0 Å². The molecule has 0 radical (unpaired) electrons. The minimum atomic E-state index is -2.24. The topological polar surface area (TPSA) is 145 Å². The number of amides is 2. The van der Waals surface area contributed by atoms with Crippen molar-refractivity contribution < 1.29 is 23.9 Å². The van der Waals surface area contributed by atoms with Gasteiger partial charge in [-0.15, -0.1) is 0 Å². The molecule has 8 heteroatoms. The molecule has 0 rings (SSSR count). The minimum Gasteiger partial charge on any atom is -0.416 e. The molecule has 1 unspecified atom stereocenters. The molecule has 0 aliphatic heterocycles. The molecule has 0 heterocycles. The largest absolute Gasteiger partial charge is 0.416 e. The fraction of sp³-hybridized carbons (Fsp3) is 0.429. The lowest BCUT2D eigenvalue weighted by Gasteiger charge is -2.20. The molecule has 0 spiro atoms. The van der Waals surface area contributed by atoms with Crippen LogP contribution >= 0.6 is 0 Å². The van der Waals surface area contributed by atoms with Crippen LogP contribution in [0.1, 0.15) is 13.3 Å². The Labute approximate surface area is 84.7 Å². The molecular formula is C7H9N3O5. The van der Waals surface area contributed by atoms with Crippen molar-refractivity contribution in [1.82, 2.24) is 0 Å². The maximum absolute atomic E-state index is 11.2. The van der Waals surface area contributed by atoms with Gasteiger partial charge in [0.1, 0.15) is 6.07 Å².